The molecule has 3 rings (SSSR count). The van der Waals surface area contributed by atoms with Crippen molar-refractivity contribution in [2.24, 2.45) is 0 Å². The Morgan fingerprint density at radius 3 is 2.25 bits per heavy atom. The summed E-state index contributed by atoms with van der Waals surface area (Å²) < 4.78 is 2.78. The monoisotopic (exact) mass is 433 g/mol. The van der Waals surface area contributed by atoms with Crippen LogP contribution >= 0.6 is 22.6 Å². The second-order valence-electron chi connectivity index (χ2n) is 5.44. The molecule has 0 radical (unpaired) electrons. The smallest absolute Gasteiger partial charge is 0.255 e. The molecular weight excluding hydrogens is 417 g/mol. The normalized spacial score (nSPS) is 10.7. The zero-order valence-corrected chi connectivity index (χ0v) is 15.7. The number of rotatable bonds is 3. The molecular formula is C17H16IN5O. The molecule has 6 nitrogen and oxygen atoms in total. The molecule has 2 aromatic heterocycles. The van der Waals surface area contributed by atoms with E-state index >= 15 is 0 Å². The molecule has 0 saturated heterocycles. The maximum Gasteiger partial charge on any atom is 0.255 e. The highest BCUT2D eigenvalue weighted by Gasteiger charge is 2.12. The third kappa shape index (κ3) is 3.30. The van der Waals surface area contributed by atoms with E-state index in [0.717, 1.165) is 20.5 Å². The molecule has 7 heteroatoms. The highest BCUT2D eigenvalue weighted by atomic mass is 127. The Morgan fingerprint density at radius 1 is 1.08 bits per heavy atom. The van der Waals surface area contributed by atoms with Gasteiger partial charge in [0.15, 0.2) is 0 Å². The Kier molecular flexibility index (Phi) is 4.61. The van der Waals surface area contributed by atoms with Crippen molar-refractivity contribution in [2.45, 2.75) is 20.8 Å². The van der Waals surface area contributed by atoms with Gasteiger partial charge in [-0.2, -0.15) is 5.10 Å². The topological polar surface area (TPSA) is 72.7 Å². The van der Waals surface area contributed by atoms with E-state index in [1.54, 1.807) is 29.2 Å². The van der Waals surface area contributed by atoms with Gasteiger partial charge < -0.3 is 5.32 Å². The van der Waals surface area contributed by atoms with Crippen LogP contribution in [0.5, 0.6) is 0 Å². The maximum absolute atomic E-state index is 12.2. The van der Waals surface area contributed by atoms with Gasteiger partial charge in [0.2, 0.25) is 0 Å². The molecule has 1 aromatic carbocycles. The molecule has 2 heterocycles. The fourth-order valence-corrected chi connectivity index (χ4v) is 2.57. The second-order valence-corrected chi connectivity index (χ2v) is 6.69. The van der Waals surface area contributed by atoms with E-state index < -0.39 is 0 Å². The van der Waals surface area contributed by atoms with Crippen molar-refractivity contribution >= 4 is 34.2 Å². The van der Waals surface area contributed by atoms with E-state index in [4.69, 9.17) is 0 Å². The number of nitrogens with zero attached hydrogens (tertiary/aromatic N) is 4. The SMILES string of the molecule is Cc1nn(-c2ncc(NC(=O)c3ccc(I)cc3)cn2)c(C)c1C. The number of carbonyl (C=O) groups is 1. The molecule has 0 aliphatic carbocycles. The van der Waals surface area contributed by atoms with Gasteiger partial charge in [-0.05, 0) is 73.2 Å². The van der Waals surface area contributed by atoms with E-state index in [1.807, 2.05) is 32.9 Å². The summed E-state index contributed by atoms with van der Waals surface area (Å²) in [6.45, 7) is 5.95. The molecule has 0 spiro atoms. The first-order valence-corrected chi connectivity index (χ1v) is 8.46. The van der Waals surface area contributed by atoms with Crippen molar-refractivity contribution in [1.29, 1.82) is 0 Å². The lowest BCUT2D eigenvalue weighted by Gasteiger charge is -2.06. The molecule has 0 aliphatic rings. The average Bonchev–Trinajstić information content (AvgIpc) is 2.84. The van der Waals surface area contributed by atoms with Crippen molar-refractivity contribution in [2.75, 3.05) is 5.32 Å². The molecule has 0 saturated carbocycles. The predicted octanol–water partition coefficient (Wildman–Crippen LogP) is 3.44. The van der Waals surface area contributed by atoms with Gasteiger partial charge in [-0.25, -0.2) is 14.6 Å². The van der Waals surface area contributed by atoms with Crippen LogP contribution in [-0.4, -0.2) is 25.7 Å². The first-order chi connectivity index (χ1) is 11.5. The fourth-order valence-electron chi connectivity index (χ4n) is 2.22. The summed E-state index contributed by atoms with van der Waals surface area (Å²) in [5.74, 6) is 0.292. The van der Waals surface area contributed by atoms with Crippen molar-refractivity contribution in [3.63, 3.8) is 0 Å². The Labute approximate surface area is 153 Å². The third-order valence-electron chi connectivity index (χ3n) is 3.85. The summed E-state index contributed by atoms with van der Waals surface area (Å²) in [4.78, 5) is 20.8. The zero-order valence-electron chi connectivity index (χ0n) is 13.5. The van der Waals surface area contributed by atoms with Gasteiger partial charge in [0.1, 0.15) is 0 Å². The van der Waals surface area contributed by atoms with Crippen molar-refractivity contribution in [1.82, 2.24) is 19.7 Å². The van der Waals surface area contributed by atoms with Gasteiger partial charge in [-0.1, -0.05) is 0 Å². The lowest BCUT2D eigenvalue weighted by Crippen LogP contribution is -2.13. The second kappa shape index (κ2) is 6.68. The van der Waals surface area contributed by atoms with Crippen LogP contribution in [0.4, 0.5) is 5.69 Å². The Morgan fingerprint density at radius 2 is 1.71 bits per heavy atom. The minimum absolute atomic E-state index is 0.190. The number of amides is 1. The standard InChI is InChI=1S/C17H16IN5O/c1-10-11(2)22-23(12(10)3)17-19-8-15(9-20-17)21-16(24)13-4-6-14(18)7-5-13/h4-9H,1-3H3,(H,21,24). The van der Waals surface area contributed by atoms with E-state index in [9.17, 15) is 4.79 Å². The molecule has 0 unspecified atom stereocenters. The Bertz CT molecular complexity index is 885. The summed E-state index contributed by atoms with van der Waals surface area (Å²) in [5, 5.41) is 7.22. The molecule has 122 valence electrons. The maximum atomic E-state index is 12.2. The fraction of sp³-hybridized carbons (Fsp3) is 0.176. The van der Waals surface area contributed by atoms with Gasteiger partial charge in [0.25, 0.3) is 11.9 Å². The minimum atomic E-state index is -0.190. The Balaban J connectivity index is 1.78. The largest absolute Gasteiger partial charge is 0.319 e. The number of aryl methyl sites for hydroxylation is 1. The first-order valence-electron chi connectivity index (χ1n) is 7.38. The number of halogens is 1. The number of aromatic nitrogens is 4. The number of carbonyl (C=O) groups excluding carboxylic acids is 1. The molecule has 24 heavy (non-hydrogen) atoms. The summed E-state index contributed by atoms with van der Waals surface area (Å²) in [6, 6.07) is 7.34. The van der Waals surface area contributed by atoms with E-state index in [1.165, 1.54) is 0 Å². The average molecular weight is 433 g/mol. The van der Waals surface area contributed by atoms with Crippen LogP contribution in [0.25, 0.3) is 5.95 Å². The van der Waals surface area contributed by atoms with E-state index in [-0.39, 0.29) is 5.91 Å². The molecule has 3 aromatic rings. The van der Waals surface area contributed by atoms with Gasteiger partial charge in [0.05, 0.1) is 23.8 Å². The van der Waals surface area contributed by atoms with Crippen LogP contribution in [0, 0.1) is 24.3 Å². The molecule has 1 amide bonds. The number of benzene rings is 1. The Hall–Kier alpha value is -2.29. The van der Waals surface area contributed by atoms with Gasteiger partial charge in [-0.3, -0.25) is 4.79 Å². The van der Waals surface area contributed by atoms with Crippen LogP contribution in [0.3, 0.4) is 0 Å². The van der Waals surface area contributed by atoms with Crippen LogP contribution in [0.15, 0.2) is 36.7 Å². The van der Waals surface area contributed by atoms with Gasteiger partial charge in [-0.15, -0.1) is 0 Å². The number of hydrogen-bond donors (Lipinski definition) is 1. The number of anilines is 1. The third-order valence-corrected chi connectivity index (χ3v) is 4.56. The van der Waals surface area contributed by atoms with E-state index in [2.05, 4.69) is 43.0 Å². The summed E-state index contributed by atoms with van der Waals surface area (Å²) in [6.07, 6.45) is 3.16. The van der Waals surface area contributed by atoms with Gasteiger partial charge >= 0.3 is 0 Å². The quantitative estimate of drug-likeness (QED) is 0.643. The van der Waals surface area contributed by atoms with Crippen LogP contribution in [0.1, 0.15) is 27.3 Å². The summed E-state index contributed by atoms with van der Waals surface area (Å²) in [5.41, 5.74) is 4.21. The summed E-state index contributed by atoms with van der Waals surface area (Å²) >= 11 is 2.20. The van der Waals surface area contributed by atoms with Crippen molar-refractivity contribution in [3.05, 3.63) is 62.7 Å². The predicted molar refractivity (Wildman–Crippen MR) is 100 cm³/mol. The lowest BCUT2D eigenvalue weighted by molar-refractivity contribution is 0.102. The van der Waals surface area contributed by atoms with Crippen molar-refractivity contribution < 1.29 is 4.79 Å². The zero-order chi connectivity index (χ0) is 17.3. The first kappa shape index (κ1) is 16.6. The van der Waals surface area contributed by atoms with Crippen molar-refractivity contribution in [3.8, 4) is 5.95 Å². The molecule has 0 bridgehead atoms. The van der Waals surface area contributed by atoms with Crippen LogP contribution in [0.2, 0.25) is 0 Å². The van der Waals surface area contributed by atoms with E-state index in [0.29, 0.717) is 17.2 Å². The highest BCUT2D eigenvalue weighted by molar-refractivity contribution is 14.1. The molecule has 0 aliphatic heterocycles. The number of nitrogens with one attached hydrogen (secondary N) is 1. The number of hydrogen-bond acceptors (Lipinski definition) is 4. The molecule has 1 N–H and O–H groups in total. The summed E-state index contributed by atoms with van der Waals surface area (Å²) in [7, 11) is 0. The van der Waals surface area contributed by atoms with Crippen LogP contribution < -0.4 is 5.32 Å². The highest BCUT2D eigenvalue weighted by Crippen LogP contribution is 2.15. The molecule has 0 atom stereocenters. The molecule has 0 fully saturated rings. The lowest BCUT2D eigenvalue weighted by atomic mass is 10.2. The minimum Gasteiger partial charge on any atom is -0.319 e. The van der Waals surface area contributed by atoms with Gasteiger partial charge in [0, 0.05) is 14.8 Å². The van der Waals surface area contributed by atoms with Crippen LogP contribution in [-0.2, 0) is 0 Å².